The lowest BCUT2D eigenvalue weighted by atomic mass is 9.78. The standard InChI is InChI=1S/C24H30N4O2/c29-21-7-5-20(6-8-21)28-14-11-24(23(28)30)10-2-13-27(17-24)22-9-4-19(16-26-22)18-3-1-12-25-15-18/h1,3-4,9,12,15-16,20-21,29H,2,5-8,10-11,13-14,17H2. The maximum Gasteiger partial charge on any atom is 0.230 e. The summed E-state index contributed by atoms with van der Waals surface area (Å²) < 4.78 is 0. The fraction of sp³-hybridized carbons (Fsp3) is 0.542. The van der Waals surface area contributed by atoms with Crippen molar-refractivity contribution in [2.75, 3.05) is 24.5 Å². The van der Waals surface area contributed by atoms with Crippen LogP contribution in [0.5, 0.6) is 0 Å². The number of anilines is 1. The first-order valence-electron chi connectivity index (χ1n) is 11.3. The Morgan fingerprint density at radius 1 is 1.00 bits per heavy atom. The summed E-state index contributed by atoms with van der Waals surface area (Å²) in [6.07, 6.45) is 11.8. The molecule has 2 aliphatic heterocycles. The van der Waals surface area contributed by atoms with E-state index >= 15 is 0 Å². The molecule has 3 aliphatic rings. The van der Waals surface area contributed by atoms with Crippen LogP contribution in [0.25, 0.3) is 11.1 Å². The highest BCUT2D eigenvalue weighted by Crippen LogP contribution is 2.43. The van der Waals surface area contributed by atoms with Crippen molar-refractivity contribution in [3.8, 4) is 11.1 Å². The summed E-state index contributed by atoms with van der Waals surface area (Å²) in [6, 6.07) is 8.45. The van der Waals surface area contributed by atoms with E-state index < -0.39 is 0 Å². The average Bonchev–Trinajstić information content (AvgIpc) is 3.10. The Balaban J connectivity index is 1.29. The molecular formula is C24H30N4O2. The first kappa shape index (κ1) is 19.5. The fourth-order valence-corrected chi connectivity index (χ4v) is 5.55. The van der Waals surface area contributed by atoms with Gasteiger partial charge in [0.1, 0.15) is 5.82 Å². The number of nitrogens with zero attached hydrogens (tertiary/aromatic N) is 4. The predicted octanol–water partition coefficient (Wildman–Crippen LogP) is 3.27. The third-order valence-corrected chi connectivity index (χ3v) is 7.30. The number of amides is 1. The first-order valence-corrected chi connectivity index (χ1v) is 11.3. The van der Waals surface area contributed by atoms with Crippen LogP contribution in [0.2, 0.25) is 0 Å². The van der Waals surface area contributed by atoms with E-state index in [-0.39, 0.29) is 11.5 Å². The van der Waals surface area contributed by atoms with E-state index in [1.807, 2.05) is 24.5 Å². The van der Waals surface area contributed by atoms with Crippen molar-refractivity contribution < 1.29 is 9.90 Å². The SMILES string of the molecule is O=C1N(C2CCC(O)CC2)CCC12CCCN(c1ccc(-c3cccnc3)cn1)C2. The molecule has 0 aromatic carbocycles. The number of carbonyl (C=O) groups is 1. The van der Waals surface area contributed by atoms with Crippen molar-refractivity contribution in [2.45, 2.75) is 57.1 Å². The lowest BCUT2D eigenvalue weighted by Crippen LogP contribution is -2.50. The largest absolute Gasteiger partial charge is 0.393 e. The highest BCUT2D eigenvalue weighted by Gasteiger charge is 2.50. The van der Waals surface area contributed by atoms with Crippen molar-refractivity contribution in [3.05, 3.63) is 42.9 Å². The number of pyridine rings is 2. The molecule has 6 nitrogen and oxygen atoms in total. The van der Waals surface area contributed by atoms with Gasteiger partial charge in [-0.05, 0) is 63.1 Å². The maximum atomic E-state index is 13.5. The molecule has 1 atom stereocenters. The van der Waals surface area contributed by atoms with Crippen LogP contribution in [0.3, 0.4) is 0 Å². The Morgan fingerprint density at radius 3 is 2.57 bits per heavy atom. The van der Waals surface area contributed by atoms with E-state index in [2.05, 4.69) is 26.9 Å². The topological polar surface area (TPSA) is 69.6 Å². The molecule has 0 bridgehead atoms. The van der Waals surface area contributed by atoms with Crippen LogP contribution in [-0.4, -0.2) is 57.7 Å². The Hall–Kier alpha value is -2.47. The molecule has 2 aromatic rings. The molecule has 4 heterocycles. The van der Waals surface area contributed by atoms with Crippen molar-refractivity contribution in [3.63, 3.8) is 0 Å². The number of hydrogen-bond acceptors (Lipinski definition) is 5. The zero-order chi connectivity index (χ0) is 20.6. The van der Waals surface area contributed by atoms with Gasteiger partial charge >= 0.3 is 0 Å². The molecule has 3 fully saturated rings. The summed E-state index contributed by atoms with van der Waals surface area (Å²) in [4.78, 5) is 26.8. The van der Waals surface area contributed by atoms with Gasteiger partial charge in [-0.15, -0.1) is 0 Å². The number of aliphatic hydroxyl groups excluding tert-OH is 1. The molecule has 1 N–H and O–H groups in total. The van der Waals surface area contributed by atoms with Crippen LogP contribution in [0, 0.1) is 5.41 Å². The summed E-state index contributed by atoms with van der Waals surface area (Å²) in [5.74, 6) is 1.29. The number of piperidine rings is 1. The number of aliphatic hydroxyl groups is 1. The first-order chi connectivity index (χ1) is 14.6. The summed E-state index contributed by atoms with van der Waals surface area (Å²) in [6.45, 7) is 2.57. The highest BCUT2D eigenvalue weighted by molar-refractivity contribution is 5.86. The third-order valence-electron chi connectivity index (χ3n) is 7.30. The molecule has 1 amide bonds. The van der Waals surface area contributed by atoms with Crippen molar-refractivity contribution in [1.29, 1.82) is 0 Å². The summed E-state index contributed by atoms with van der Waals surface area (Å²) in [5, 5.41) is 9.81. The number of carbonyl (C=O) groups excluding carboxylic acids is 1. The molecule has 158 valence electrons. The van der Waals surface area contributed by atoms with Gasteiger partial charge < -0.3 is 14.9 Å². The Bertz CT molecular complexity index is 880. The summed E-state index contributed by atoms with van der Waals surface area (Å²) in [5.41, 5.74) is 1.85. The van der Waals surface area contributed by atoms with Crippen LogP contribution in [-0.2, 0) is 4.79 Å². The molecule has 6 heteroatoms. The second kappa shape index (κ2) is 7.99. The summed E-state index contributed by atoms with van der Waals surface area (Å²) >= 11 is 0. The molecular weight excluding hydrogens is 376 g/mol. The van der Waals surface area contributed by atoms with Crippen LogP contribution in [0.15, 0.2) is 42.9 Å². The average molecular weight is 407 g/mol. The monoisotopic (exact) mass is 406 g/mol. The van der Waals surface area contributed by atoms with Crippen molar-refractivity contribution in [2.24, 2.45) is 5.41 Å². The number of hydrogen-bond donors (Lipinski definition) is 1. The Labute approximate surface area is 177 Å². The normalized spacial score (nSPS) is 29.6. The second-order valence-electron chi connectivity index (χ2n) is 9.16. The molecule has 1 saturated carbocycles. The van der Waals surface area contributed by atoms with E-state index in [1.165, 1.54) is 0 Å². The van der Waals surface area contributed by atoms with E-state index in [0.29, 0.717) is 11.9 Å². The van der Waals surface area contributed by atoms with Crippen LogP contribution in [0.4, 0.5) is 5.82 Å². The van der Waals surface area contributed by atoms with Gasteiger partial charge in [0, 0.05) is 55.4 Å². The van der Waals surface area contributed by atoms with Crippen molar-refractivity contribution >= 4 is 11.7 Å². The molecule has 2 aromatic heterocycles. The molecule has 30 heavy (non-hydrogen) atoms. The molecule has 5 rings (SSSR count). The van der Waals surface area contributed by atoms with E-state index in [4.69, 9.17) is 4.98 Å². The minimum Gasteiger partial charge on any atom is -0.393 e. The van der Waals surface area contributed by atoms with Gasteiger partial charge in [0.05, 0.1) is 11.5 Å². The van der Waals surface area contributed by atoms with Crippen molar-refractivity contribution in [1.82, 2.24) is 14.9 Å². The van der Waals surface area contributed by atoms with Gasteiger partial charge in [-0.3, -0.25) is 9.78 Å². The third kappa shape index (κ3) is 3.58. The second-order valence-corrected chi connectivity index (χ2v) is 9.16. The van der Waals surface area contributed by atoms with Crippen LogP contribution >= 0.6 is 0 Å². The lowest BCUT2D eigenvalue weighted by Gasteiger charge is -2.41. The fourth-order valence-electron chi connectivity index (χ4n) is 5.55. The Morgan fingerprint density at radius 2 is 1.83 bits per heavy atom. The summed E-state index contributed by atoms with van der Waals surface area (Å²) in [7, 11) is 0. The maximum absolute atomic E-state index is 13.5. The lowest BCUT2D eigenvalue weighted by molar-refractivity contribution is -0.139. The molecule has 1 spiro atoms. The van der Waals surface area contributed by atoms with E-state index in [1.54, 1.807) is 6.20 Å². The smallest absolute Gasteiger partial charge is 0.230 e. The predicted molar refractivity (Wildman–Crippen MR) is 116 cm³/mol. The van der Waals surface area contributed by atoms with Gasteiger partial charge in [-0.25, -0.2) is 4.98 Å². The minimum absolute atomic E-state index is 0.182. The quantitative estimate of drug-likeness (QED) is 0.847. The van der Waals surface area contributed by atoms with E-state index in [9.17, 15) is 9.90 Å². The zero-order valence-electron chi connectivity index (χ0n) is 17.4. The number of likely N-dealkylation sites (tertiary alicyclic amines) is 1. The zero-order valence-corrected chi connectivity index (χ0v) is 17.4. The van der Waals surface area contributed by atoms with E-state index in [0.717, 1.165) is 81.5 Å². The van der Waals surface area contributed by atoms with Gasteiger partial charge in [-0.2, -0.15) is 0 Å². The molecule has 2 saturated heterocycles. The molecule has 1 aliphatic carbocycles. The minimum atomic E-state index is -0.266. The van der Waals surface area contributed by atoms with Gasteiger partial charge in [0.15, 0.2) is 0 Å². The Kier molecular flexibility index (Phi) is 5.19. The van der Waals surface area contributed by atoms with Gasteiger partial charge in [-0.1, -0.05) is 6.07 Å². The van der Waals surface area contributed by atoms with Gasteiger partial charge in [0.25, 0.3) is 0 Å². The highest BCUT2D eigenvalue weighted by atomic mass is 16.3. The number of rotatable bonds is 3. The molecule has 0 radical (unpaired) electrons. The molecule has 1 unspecified atom stereocenters. The van der Waals surface area contributed by atoms with Crippen LogP contribution in [0.1, 0.15) is 44.9 Å². The van der Waals surface area contributed by atoms with Crippen LogP contribution < -0.4 is 4.90 Å². The van der Waals surface area contributed by atoms with Gasteiger partial charge in [0.2, 0.25) is 5.91 Å². The number of aromatic nitrogens is 2.